The highest BCUT2D eigenvalue weighted by molar-refractivity contribution is 5.95. The molecule has 4 aliphatic rings. The van der Waals surface area contributed by atoms with E-state index < -0.39 is 0 Å². The van der Waals surface area contributed by atoms with E-state index in [-0.39, 0.29) is 0 Å². The molecule has 3 heterocycles. The molecule has 0 radical (unpaired) electrons. The lowest BCUT2D eigenvalue weighted by molar-refractivity contribution is 0.985. The summed E-state index contributed by atoms with van der Waals surface area (Å²) in [6.07, 6.45) is 8.06. The van der Waals surface area contributed by atoms with Crippen LogP contribution in [-0.2, 0) is 25.7 Å². The van der Waals surface area contributed by atoms with Crippen LogP contribution in [0.15, 0.2) is 85.2 Å². The van der Waals surface area contributed by atoms with Gasteiger partial charge in [0.25, 0.3) is 0 Å². The van der Waals surface area contributed by atoms with Gasteiger partial charge in [0.15, 0.2) is 0 Å². The zero-order chi connectivity index (χ0) is 22.7. The van der Waals surface area contributed by atoms with E-state index in [1.165, 1.54) is 72.7 Å². The summed E-state index contributed by atoms with van der Waals surface area (Å²) in [5.74, 6) is 0. The predicted molar refractivity (Wildman–Crippen MR) is 141 cm³/mol. The van der Waals surface area contributed by atoms with Gasteiger partial charge in [-0.3, -0.25) is 4.98 Å². The van der Waals surface area contributed by atoms with Gasteiger partial charge in [-0.2, -0.15) is 0 Å². The fourth-order valence-electron chi connectivity index (χ4n) is 7.19. The Morgan fingerprint density at radius 3 is 2.17 bits per heavy atom. The number of benzene rings is 4. The molecule has 0 spiro atoms. The van der Waals surface area contributed by atoms with Crippen molar-refractivity contribution in [1.29, 1.82) is 0 Å². The first-order valence-corrected chi connectivity index (χ1v) is 12.6. The molecule has 2 heteroatoms. The van der Waals surface area contributed by atoms with Crippen LogP contribution in [0.3, 0.4) is 0 Å². The van der Waals surface area contributed by atoms with Crippen LogP contribution >= 0.6 is 0 Å². The number of pyridine rings is 1. The van der Waals surface area contributed by atoms with E-state index in [9.17, 15) is 0 Å². The number of fused-ring (bicyclic) bond motifs is 12. The van der Waals surface area contributed by atoms with Crippen molar-refractivity contribution in [3.8, 4) is 22.3 Å². The minimum atomic E-state index is 0.970. The summed E-state index contributed by atoms with van der Waals surface area (Å²) < 4.78 is 0. The topological polar surface area (TPSA) is 16.1 Å². The maximum absolute atomic E-state index is 4.52. The molecule has 0 bridgehead atoms. The molecule has 0 unspecified atom stereocenters. The number of rotatable bonds is 0. The molecule has 2 aliphatic heterocycles. The Morgan fingerprint density at radius 1 is 0.514 bits per heavy atom. The van der Waals surface area contributed by atoms with Crippen molar-refractivity contribution in [2.24, 2.45) is 0 Å². The third kappa shape index (κ3) is 2.23. The number of para-hydroxylation sites is 1. The van der Waals surface area contributed by atoms with Crippen LogP contribution in [0.25, 0.3) is 22.3 Å². The van der Waals surface area contributed by atoms with Gasteiger partial charge in [-0.05, 0) is 97.8 Å². The third-order valence-corrected chi connectivity index (χ3v) is 8.68. The fourth-order valence-corrected chi connectivity index (χ4v) is 7.19. The second-order valence-electron chi connectivity index (χ2n) is 10.3. The van der Waals surface area contributed by atoms with Crippen LogP contribution in [0.5, 0.6) is 0 Å². The van der Waals surface area contributed by atoms with E-state index in [1.807, 2.05) is 6.20 Å². The average Bonchev–Trinajstić information content (AvgIpc) is 3.47. The molecule has 0 saturated carbocycles. The Kier molecular flexibility index (Phi) is 3.27. The van der Waals surface area contributed by atoms with Crippen molar-refractivity contribution in [1.82, 2.24) is 4.98 Å². The normalized spacial score (nSPS) is 14.9. The summed E-state index contributed by atoms with van der Waals surface area (Å²) in [5.41, 5.74) is 21.6. The molecule has 4 aromatic carbocycles. The predicted octanol–water partition coefficient (Wildman–Crippen LogP) is 7.50. The van der Waals surface area contributed by atoms with Crippen molar-refractivity contribution in [3.63, 3.8) is 0 Å². The van der Waals surface area contributed by atoms with E-state index in [2.05, 4.69) is 88.9 Å². The number of hydrogen-bond acceptors (Lipinski definition) is 2. The molecule has 164 valence electrons. The molecule has 35 heavy (non-hydrogen) atoms. The average molecular weight is 447 g/mol. The van der Waals surface area contributed by atoms with Crippen LogP contribution in [0.4, 0.5) is 17.1 Å². The maximum Gasteiger partial charge on any atom is 0.0680 e. The van der Waals surface area contributed by atoms with Crippen LogP contribution in [-0.4, -0.2) is 4.98 Å². The molecule has 2 aliphatic carbocycles. The van der Waals surface area contributed by atoms with E-state index in [0.29, 0.717) is 0 Å². The molecule has 2 nitrogen and oxygen atoms in total. The lowest BCUT2D eigenvalue weighted by Gasteiger charge is -2.40. The van der Waals surface area contributed by atoms with Gasteiger partial charge in [0.2, 0.25) is 0 Å². The summed E-state index contributed by atoms with van der Waals surface area (Å²) in [4.78, 5) is 7.02. The largest absolute Gasteiger partial charge is 0.308 e. The van der Waals surface area contributed by atoms with Gasteiger partial charge in [0.1, 0.15) is 0 Å². The Balaban J connectivity index is 1.30. The molecule has 0 fully saturated rings. The maximum atomic E-state index is 4.52. The second kappa shape index (κ2) is 6.28. The van der Waals surface area contributed by atoms with Gasteiger partial charge in [0, 0.05) is 24.7 Å². The zero-order valence-electron chi connectivity index (χ0n) is 19.3. The molecule has 0 N–H and O–H groups in total. The second-order valence-corrected chi connectivity index (χ2v) is 10.3. The summed E-state index contributed by atoms with van der Waals surface area (Å²) in [7, 11) is 0. The number of aromatic nitrogens is 1. The van der Waals surface area contributed by atoms with E-state index in [4.69, 9.17) is 0 Å². The Hall–Kier alpha value is -4.17. The van der Waals surface area contributed by atoms with Gasteiger partial charge in [0.05, 0.1) is 17.6 Å². The molecule has 9 rings (SSSR count). The molecular weight excluding hydrogens is 424 g/mol. The molecule has 0 atom stereocenters. The molecular formula is C33H22N2. The Bertz CT molecular complexity index is 1750. The monoisotopic (exact) mass is 446 g/mol. The van der Waals surface area contributed by atoms with E-state index >= 15 is 0 Å². The van der Waals surface area contributed by atoms with Gasteiger partial charge >= 0.3 is 0 Å². The third-order valence-electron chi connectivity index (χ3n) is 8.68. The summed E-state index contributed by atoms with van der Waals surface area (Å²) >= 11 is 0. The van der Waals surface area contributed by atoms with Crippen molar-refractivity contribution < 1.29 is 0 Å². The highest BCUT2D eigenvalue weighted by Gasteiger charge is 2.37. The van der Waals surface area contributed by atoms with Crippen LogP contribution in [0.2, 0.25) is 0 Å². The highest BCUT2D eigenvalue weighted by Crippen LogP contribution is 2.55. The lowest BCUT2D eigenvalue weighted by Crippen LogP contribution is -2.25. The zero-order valence-corrected chi connectivity index (χ0v) is 19.3. The number of hydrogen-bond donors (Lipinski definition) is 0. The van der Waals surface area contributed by atoms with Crippen molar-refractivity contribution in [2.75, 3.05) is 4.90 Å². The SMILES string of the molecule is c1ccc2c(c1)Cc1c-2ccc2c1Cc1c-2cc2c3c1Cc1ccccc1N3c1cnccc1C2. The van der Waals surface area contributed by atoms with Gasteiger partial charge in [-0.15, -0.1) is 0 Å². The first-order chi connectivity index (χ1) is 17.3. The van der Waals surface area contributed by atoms with Crippen LogP contribution < -0.4 is 4.90 Å². The van der Waals surface area contributed by atoms with Crippen molar-refractivity contribution >= 4 is 17.1 Å². The first kappa shape index (κ1) is 18.2. The minimum Gasteiger partial charge on any atom is -0.308 e. The quantitative estimate of drug-likeness (QED) is 0.240. The standard InChI is InChI=1S/C33H22N2/c1-3-7-23-19(5-1)14-26-24(23)9-10-25-27-16-22-13-21-11-12-34-18-32(21)35-31-8-4-2-6-20(31)15-30(33(22)35)29(27)17-28(25)26/h1-12,16,18H,13-15,17H2. The first-order valence-electron chi connectivity index (χ1n) is 12.6. The van der Waals surface area contributed by atoms with Crippen molar-refractivity contribution in [3.05, 3.63) is 130 Å². The number of anilines is 3. The van der Waals surface area contributed by atoms with E-state index in [1.54, 1.807) is 11.1 Å². The lowest BCUT2D eigenvalue weighted by atomic mass is 9.83. The van der Waals surface area contributed by atoms with Crippen LogP contribution in [0, 0.1) is 0 Å². The van der Waals surface area contributed by atoms with Gasteiger partial charge < -0.3 is 4.90 Å². The van der Waals surface area contributed by atoms with Crippen molar-refractivity contribution in [2.45, 2.75) is 25.7 Å². The summed E-state index contributed by atoms with van der Waals surface area (Å²) in [6, 6.07) is 27.3. The molecule has 1 aromatic heterocycles. The fraction of sp³-hybridized carbons (Fsp3) is 0.121. The van der Waals surface area contributed by atoms with Crippen LogP contribution in [0.1, 0.15) is 44.5 Å². The Labute approximate surface area is 204 Å². The Morgan fingerprint density at radius 2 is 1.23 bits per heavy atom. The highest BCUT2D eigenvalue weighted by atomic mass is 15.2. The van der Waals surface area contributed by atoms with Gasteiger partial charge in [-0.1, -0.05) is 54.6 Å². The molecule has 5 aromatic rings. The number of nitrogens with zero attached hydrogens (tertiary/aromatic N) is 2. The minimum absolute atomic E-state index is 0.970. The van der Waals surface area contributed by atoms with Gasteiger partial charge in [-0.25, -0.2) is 0 Å². The molecule has 0 saturated heterocycles. The van der Waals surface area contributed by atoms with E-state index in [0.717, 1.165) is 25.7 Å². The summed E-state index contributed by atoms with van der Waals surface area (Å²) in [5, 5.41) is 0. The smallest absolute Gasteiger partial charge is 0.0680 e. The summed E-state index contributed by atoms with van der Waals surface area (Å²) in [6.45, 7) is 0. The molecule has 0 amide bonds.